The summed E-state index contributed by atoms with van der Waals surface area (Å²) in [7, 11) is 0.0700. The van der Waals surface area contributed by atoms with E-state index in [1.54, 1.807) is 23.1 Å². The number of aliphatic hydroxyl groups is 1. The first-order valence-electron chi connectivity index (χ1n) is 11.1. The molecule has 3 atom stereocenters. The number of likely N-dealkylation sites (N-methyl/N-ethyl adjacent to an activating group) is 1. The highest BCUT2D eigenvalue weighted by molar-refractivity contribution is 7.92. The number of nitrogens with zero attached hydrogens (tertiary/aromatic N) is 2. The molecule has 0 aliphatic carbocycles. The van der Waals surface area contributed by atoms with Crippen molar-refractivity contribution in [3.63, 3.8) is 0 Å². The molecule has 1 heterocycles. The van der Waals surface area contributed by atoms with E-state index >= 15 is 0 Å². The van der Waals surface area contributed by atoms with E-state index in [2.05, 4.69) is 4.72 Å². The number of carbonyl (C=O) groups excluding carboxylic acids is 1. The number of halogens is 1. The number of nitrogens with one attached hydrogen (secondary N) is 1. The number of rotatable bonds is 7. The fourth-order valence-corrected chi connectivity index (χ4v) is 5.07. The Bertz CT molecular complexity index is 1110. The van der Waals surface area contributed by atoms with Gasteiger partial charge >= 0.3 is 0 Å². The molecule has 0 spiro atoms. The van der Waals surface area contributed by atoms with Gasteiger partial charge in [0.2, 0.25) is 5.91 Å². The predicted octanol–water partition coefficient (Wildman–Crippen LogP) is 2.85. The summed E-state index contributed by atoms with van der Waals surface area (Å²) in [6.45, 7) is 4.77. The van der Waals surface area contributed by atoms with Gasteiger partial charge in [0, 0.05) is 35.3 Å². The number of hydrogen-bond donors (Lipinski definition) is 2. The summed E-state index contributed by atoms with van der Waals surface area (Å²) in [5, 5.41) is 10.1. The van der Waals surface area contributed by atoms with Crippen molar-refractivity contribution in [1.29, 1.82) is 0 Å². The highest BCUT2D eigenvalue weighted by Crippen LogP contribution is 2.30. The number of aliphatic hydroxyl groups excluding tert-OH is 1. The molecule has 0 fully saturated rings. The molecule has 34 heavy (non-hydrogen) atoms. The zero-order valence-electron chi connectivity index (χ0n) is 19.9. The van der Waals surface area contributed by atoms with Crippen molar-refractivity contribution in [3.8, 4) is 5.75 Å². The number of hydrogen-bond acceptors (Lipinski definition) is 6. The number of benzene rings is 2. The van der Waals surface area contributed by atoms with Crippen LogP contribution in [0.4, 0.5) is 5.69 Å². The predicted molar refractivity (Wildman–Crippen MR) is 133 cm³/mol. The van der Waals surface area contributed by atoms with Crippen LogP contribution < -0.4 is 9.46 Å². The topological polar surface area (TPSA) is 99.2 Å². The lowest BCUT2D eigenvalue weighted by molar-refractivity contribution is -0.134. The third-order valence-electron chi connectivity index (χ3n) is 5.84. The first kappa shape index (κ1) is 26.3. The molecular weight excluding hydrogens is 478 g/mol. The second-order valence-electron chi connectivity index (χ2n) is 9.03. The Morgan fingerprint density at radius 1 is 1.24 bits per heavy atom. The number of anilines is 1. The van der Waals surface area contributed by atoms with Crippen LogP contribution >= 0.6 is 11.6 Å². The minimum Gasteiger partial charge on any atom is -0.488 e. The van der Waals surface area contributed by atoms with Crippen LogP contribution in [0, 0.1) is 5.92 Å². The molecule has 2 aromatic rings. The summed E-state index contributed by atoms with van der Waals surface area (Å²) >= 11 is 5.87. The maximum atomic E-state index is 13.2. The summed E-state index contributed by atoms with van der Waals surface area (Å²) in [6, 6.07) is 10.5. The van der Waals surface area contributed by atoms with E-state index in [0.717, 1.165) is 0 Å². The van der Waals surface area contributed by atoms with Crippen LogP contribution in [-0.2, 0) is 21.2 Å². The third-order valence-corrected chi connectivity index (χ3v) is 7.49. The minimum atomic E-state index is -3.84. The van der Waals surface area contributed by atoms with E-state index in [0.29, 0.717) is 35.1 Å². The second kappa shape index (κ2) is 10.9. The Hall–Kier alpha value is -2.33. The van der Waals surface area contributed by atoms with Gasteiger partial charge in [0.1, 0.15) is 11.9 Å². The summed E-state index contributed by atoms with van der Waals surface area (Å²) in [5.74, 6) is 0.399. The van der Waals surface area contributed by atoms with Crippen LogP contribution in [0.2, 0.25) is 5.02 Å². The fraction of sp³-hybridized carbons (Fsp3) is 0.458. The average molecular weight is 510 g/mol. The monoisotopic (exact) mass is 509 g/mol. The third kappa shape index (κ3) is 6.41. The van der Waals surface area contributed by atoms with Gasteiger partial charge in [-0.2, -0.15) is 0 Å². The molecule has 1 aliphatic heterocycles. The fourth-order valence-electron chi connectivity index (χ4n) is 3.90. The Morgan fingerprint density at radius 2 is 1.91 bits per heavy atom. The van der Waals surface area contributed by atoms with Crippen LogP contribution in [0.15, 0.2) is 47.4 Å². The summed E-state index contributed by atoms with van der Waals surface area (Å²) in [4.78, 5) is 17.0. The van der Waals surface area contributed by atoms with Crippen LogP contribution in [0.1, 0.15) is 19.4 Å². The number of ether oxygens (including phenoxy) is 1. The first-order valence-corrected chi connectivity index (χ1v) is 13.0. The van der Waals surface area contributed by atoms with Crippen LogP contribution in [0.5, 0.6) is 5.75 Å². The molecule has 0 radical (unpaired) electrons. The summed E-state index contributed by atoms with van der Waals surface area (Å²) in [5.41, 5.74) is 0.901. The molecular formula is C24H32ClN3O5S. The van der Waals surface area contributed by atoms with Crippen LogP contribution in [0.25, 0.3) is 0 Å². The number of sulfonamides is 1. The molecule has 10 heteroatoms. The van der Waals surface area contributed by atoms with Gasteiger partial charge in [-0.15, -0.1) is 0 Å². The molecule has 1 aliphatic rings. The average Bonchev–Trinajstić information content (AvgIpc) is 2.81. The van der Waals surface area contributed by atoms with E-state index in [1.807, 2.05) is 32.8 Å². The molecule has 0 bridgehead atoms. The smallest absolute Gasteiger partial charge is 0.261 e. The number of fused-ring (bicyclic) bond motifs is 1. The van der Waals surface area contributed by atoms with Crippen molar-refractivity contribution in [2.75, 3.05) is 38.5 Å². The lowest BCUT2D eigenvalue weighted by Gasteiger charge is -2.33. The van der Waals surface area contributed by atoms with Crippen molar-refractivity contribution in [1.82, 2.24) is 9.80 Å². The molecule has 8 nitrogen and oxygen atoms in total. The van der Waals surface area contributed by atoms with E-state index in [1.165, 1.54) is 24.3 Å². The molecule has 3 rings (SSSR count). The maximum absolute atomic E-state index is 13.2. The van der Waals surface area contributed by atoms with Gasteiger partial charge in [0.05, 0.1) is 24.0 Å². The van der Waals surface area contributed by atoms with Crippen molar-refractivity contribution in [2.24, 2.45) is 5.92 Å². The Labute approximate surface area is 206 Å². The zero-order chi connectivity index (χ0) is 25.0. The Morgan fingerprint density at radius 3 is 2.53 bits per heavy atom. The largest absolute Gasteiger partial charge is 0.488 e. The van der Waals surface area contributed by atoms with Crippen molar-refractivity contribution in [2.45, 2.75) is 37.3 Å². The quantitative estimate of drug-likeness (QED) is 0.595. The van der Waals surface area contributed by atoms with Crippen molar-refractivity contribution in [3.05, 3.63) is 53.1 Å². The summed E-state index contributed by atoms with van der Waals surface area (Å²) < 4.78 is 34.6. The Kier molecular flexibility index (Phi) is 8.46. The highest BCUT2D eigenvalue weighted by atomic mass is 35.5. The van der Waals surface area contributed by atoms with Crippen molar-refractivity contribution >= 4 is 33.2 Å². The molecule has 2 aromatic carbocycles. The van der Waals surface area contributed by atoms with E-state index < -0.39 is 10.0 Å². The molecule has 0 unspecified atom stereocenters. The normalized spacial score (nSPS) is 20.1. The molecule has 2 N–H and O–H groups in total. The molecule has 186 valence electrons. The van der Waals surface area contributed by atoms with Crippen LogP contribution in [-0.4, -0.2) is 75.2 Å². The number of amides is 1. The molecule has 0 saturated carbocycles. The van der Waals surface area contributed by atoms with Gasteiger partial charge < -0.3 is 19.6 Å². The van der Waals surface area contributed by atoms with Gasteiger partial charge in [0.15, 0.2) is 0 Å². The minimum absolute atomic E-state index is 0.00869. The first-order chi connectivity index (χ1) is 16.0. The van der Waals surface area contributed by atoms with Gasteiger partial charge in [-0.3, -0.25) is 9.52 Å². The highest BCUT2D eigenvalue weighted by Gasteiger charge is 2.31. The van der Waals surface area contributed by atoms with Crippen LogP contribution in [0.3, 0.4) is 0 Å². The zero-order valence-corrected chi connectivity index (χ0v) is 21.4. The standard InChI is InChI=1S/C24H32ClN3O5S/c1-16-13-28(17(2)15-29)24(30)12-18-11-20(7-10-22(18)33-23(16)14-27(3)4)26-34(31,32)21-8-5-19(25)6-9-21/h5-11,16-17,23,26,29H,12-15H2,1-4H3/t16-,17-,23+/m0/s1. The lowest BCUT2D eigenvalue weighted by Crippen LogP contribution is -2.47. The second-order valence-corrected chi connectivity index (χ2v) is 11.2. The van der Waals surface area contributed by atoms with Gasteiger partial charge in [-0.05, 0) is 63.5 Å². The van der Waals surface area contributed by atoms with E-state index in [4.69, 9.17) is 16.3 Å². The SMILES string of the molecule is C[C@H]1CN([C@@H](C)CO)C(=O)Cc2cc(NS(=O)(=O)c3ccc(Cl)cc3)ccc2O[C@@H]1CN(C)C. The Balaban J connectivity index is 1.97. The molecule has 1 amide bonds. The van der Waals surface area contributed by atoms with E-state index in [-0.39, 0.29) is 41.9 Å². The summed E-state index contributed by atoms with van der Waals surface area (Å²) in [6.07, 6.45) is -0.179. The number of carbonyl (C=O) groups is 1. The maximum Gasteiger partial charge on any atom is 0.261 e. The van der Waals surface area contributed by atoms with Crippen molar-refractivity contribution < 1.29 is 23.1 Å². The molecule has 0 aromatic heterocycles. The van der Waals surface area contributed by atoms with Gasteiger partial charge in [-0.1, -0.05) is 18.5 Å². The lowest BCUT2D eigenvalue weighted by atomic mass is 10.0. The van der Waals surface area contributed by atoms with E-state index in [9.17, 15) is 18.3 Å². The van der Waals surface area contributed by atoms with Gasteiger partial charge in [-0.25, -0.2) is 8.42 Å². The van der Waals surface area contributed by atoms with Gasteiger partial charge in [0.25, 0.3) is 10.0 Å². The molecule has 0 saturated heterocycles.